The molecule has 0 aliphatic carbocycles. The van der Waals surface area contributed by atoms with E-state index in [-0.39, 0.29) is 11.8 Å². The summed E-state index contributed by atoms with van der Waals surface area (Å²) in [5.74, 6) is 1.54. The zero-order valence-electron chi connectivity index (χ0n) is 18.2. The Bertz CT molecular complexity index is 838. The van der Waals surface area contributed by atoms with Crippen LogP contribution in [-0.2, 0) is 11.3 Å². The summed E-state index contributed by atoms with van der Waals surface area (Å²) in [5, 5.41) is 0.522. The van der Waals surface area contributed by atoms with Crippen LogP contribution in [0.3, 0.4) is 0 Å². The minimum Gasteiger partial charge on any atom is -0.489 e. The Labute approximate surface area is 183 Å². The molecule has 30 heavy (non-hydrogen) atoms. The van der Waals surface area contributed by atoms with Crippen LogP contribution in [0.15, 0.2) is 35.1 Å². The fraction of sp³-hybridized carbons (Fsp3) is 0.522. The number of carbonyl (C=O) groups excluding carboxylic acids is 1. The average Bonchev–Trinajstić information content (AvgIpc) is 3.12. The number of benzene rings is 1. The molecule has 164 valence electrons. The Morgan fingerprint density at radius 3 is 2.63 bits per heavy atom. The topological polar surface area (TPSA) is 55.2 Å². The van der Waals surface area contributed by atoms with Crippen LogP contribution in [0.1, 0.15) is 32.8 Å². The highest BCUT2D eigenvalue weighted by Crippen LogP contribution is 2.38. The molecule has 2 heterocycles. The monoisotopic (exact) mass is 434 g/mol. The molecule has 1 amide bonds. The molecule has 0 fully saturated rings. The molecule has 1 aliphatic heterocycles. The molecule has 6 nitrogen and oxygen atoms in total. The second kappa shape index (κ2) is 10.1. The van der Waals surface area contributed by atoms with Crippen LogP contribution in [-0.4, -0.2) is 44.2 Å². The van der Waals surface area contributed by atoms with Gasteiger partial charge in [-0.1, -0.05) is 32.4 Å². The zero-order valence-corrected chi connectivity index (χ0v) is 18.9. The Balaban J connectivity index is 1.74. The van der Waals surface area contributed by atoms with E-state index in [4.69, 9.17) is 25.5 Å². The van der Waals surface area contributed by atoms with Crippen LogP contribution in [0.2, 0.25) is 5.02 Å². The maximum atomic E-state index is 13.3. The van der Waals surface area contributed by atoms with Crippen LogP contribution in [0.25, 0.3) is 0 Å². The van der Waals surface area contributed by atoms with Crippen molar-refractivity contribution in [3.8, 4) is 11.5 Å². The molecule has 1 unspecified atom stereocenters. The largest absolute Gasteiger partial charge is 0.489 e. The van der Waals surface area contributed by atoms with Gasteiger partial charge in [-0.2, -0.15) is 0 Å². The molecule has 1 atom stereocenters. The number of nitrogens with zero attached hydrogens (tertiary/aromatic N) is 2. The molecule has 3 rings (SSSR count). The van der Waals surface area contributed by atoms with Crippen molar-refractivity contribution in [1.82, 2.24) is 4.90 Å². The first-order valence-corrected chi connectivity index (χ1v) is 10.8. The lowest BCUT2D eigenvalue weighted by Crippen LogP contribution is -2.41. The van der Waals surface area contributed by atoms with Gasteiger partial charge in [-0.05, 0) is 29.7 Å². The highest BCUT2D eigenvalue weighted by molar-refractivity contribution is 6.32. The van der Waals surface area contributed by atoms with Crippen molar-refractivity contribution in [1.29, 1.82) is 0 Å². The molecule has 2 aromatic rings. The smallest absolute Gasteiger partial charge is 0.227 e. The molecule has 0 saturated heterocycles. The molecule has 1 aromatic heterocycles. The van der Waals surface area contributed by atoms with Gasteiger partial charge in [0, 0.05) is 33.1 Å². The Morgan fingerprint density at radius 1 is 1.17 bits per heavy atom. The molecule has 0 N–H and O–H groups in total. The predicted molar refractivity (Wildman–Crippen MR) is 118 cm³/mol. The molecule has 0 radical (unpaired) electrons. The van der Waals surface area contributed by atoms with E-state index in [9.17, 15) is 4.79 Å². The molecular weight excluding hydrogens is 404 g/mol. The van der Waals surface area contributed by atoms with Crippen LogP contribution >= 0.6 is 11.6 Å². The first kappa shape index (κ1) is 22.3. The number of hydrogen-bond acceptors (Lipinski definition) is 5. The summed E-state index contributed by atoms with van der Waals surface area (Å²) in [5.41, 5.74) is 1.90. The van der Waals surface area contributed by atoms with Gasteiger partial charge in [-0.25, -0.2) is 0 Å². The number of halogens is 1. The van der Waals surface area contributed by atoms with Crippen molar-refractivity contribution in [3.63, 3.8) is 0 Å². The first-order valence-electron chi connectivity index (χ1n) is 10.4. The fourth-order valence-electron chi connectivity index (χ4n) is 3.65. The van der Waals surface area contributed by atoms with Gasteiger partial charge >= 0.3 is 0 Å². The van der Waals surface area contributed by atoms with Gasteiger partial charge in [0.1, 0.15) is 6.26 Å². The van der Waals surface area contributed by atoms with Gasteiger partial charge in [-0.3, -0.25) is 4.79 Å². The van der Waals surface area contributed by atoms with Crippen molar-refractivity contribution in [2.24, 2.45) is 11.8 Å². The molecular formula is C23H31ClN2O4. The van der Waals surface area contributed by atoms with Gasteiger partial charge in [-0.15, -0.1) is 0 Å². The van der Waals surface area contributed by atoms with E-state index >= 15 is 0 Å². The van der Waals surface area contributed by atoms with E-state index < -0.39 is 0 Å². The van der Waals surface area contributed by atoms with E-state index in [0.29, 0.717) is 55.3 Å². The van der Waals surface area contributed by atoms with Crippen LogP contribution in [0.4, 0.5) is 5.69 Å². The van der Waals surface area contributed by atoms with E-state index in [1.54, 1.807) is 12.5 Å². The van der Waals surface area contributed by atoms with Crippen molar-refractivity contribution >= 4 is 23.2 Å². The van der Waals surface area contributed by atoms with Crippen molar-refractivity contribution in [3.05, 3.63) is 41.3 Å². The summed E-state index contributed by atoms with van der Waals surface area (Å²) in [4.78, 5) is 17.2. The molecule has 0 saturated carbocycles. The SMILES string of the molecule is CC(C)CN(Cc1cc(Cl)c2c(c1)OCCCO2)C(=O)C(C)CN(C)c1ccoc1. The van der Waals surface area contributed by atoms with E-state index in [1.807, 2.05) is 42.0 Å². The minimum atomic E-state index is -0.167. The maximum Gasteiger partial charge on any atom is 0.227 e. The number of furan rings is 1. The zero-order chi connectivity index (χ0) is 21.7. The summed E-state index contributed by atoms with van der Waals surface area (Å²) in [6.45, 7) is 9.14. The van der Waals surface area contributed by atoms with Gasteiger partial charge in [0.05, 0.1) is 36.1 Å². The van der Waals surface area contributed by atoms with Crippen molar-refractivity contribution in [2.75, 3.05) is 38.3 Å². The van der Waals surface area contributed by atoms with E-state index in [0.717, 1.165) is 17.7 Å². The third kappa shape index (κ3) is 5.63. The van der Waals surface area contributed by atoms with E-state index in [1.165, 1.54) is 0 Å². The Hall–Kier alpha value is -2.34. The second-order valence-corrected chi connectivity index (χ2v) is 8.74. The minimum absolute atomic E-state index is 0.113. The van der Waals surface area contributed by atoms with Crippen LogP contribution < -0.4 is 14.4 Å². The van der Waals surface area contributed by atoms with Crippen LogP contribution in [0.5, 0.6) is 11.5 Å². The lowest BCUT2D eigenvalue weighted by molar-refractivity contribution is -0.135. The van der Waals surface area contributed by atoms with Gasteiger partial charge in [0.15, 0.2) is 11.5 Å². The number of rotatable bonds is 8. The first-order chi connectivity index (χ1) is 14.3. The third-order valence-electron chi connectivity index (χ3n) is 5.05. The lowest BCUT2D eigenvalue weighted by Gasteiger charge is -2.30. The normalized spacial score (nSPS) is 14.3. The number of anilines is 1. The number of fused-ring (bicyclic) bond motifs is 1. The number of hydrogen-bond donors (Lipinski definition) is 0. The number of carbonyl (C=O) groups is 1. The van der Waals surface area contributed by atoms with Gasteiger partial charge in [0.2, 0.25) is 5.91 Å². The summed E-state index contributed by atoms with van der Waals surface area (Å²) in [6, 6.07) is 5.70. The Kier molecular flexibility index (Phi) is 7.53. The molecule has 1 aliphatic rings. The standard InChI is InChI=1S/C23H31ClN2O4/c1-16(2)12-26(23(27)17(3)13-25(4)19-6-9-28-15-19)14-18-10-20(24)22-21(11-18)29-7-5-8-30-22/h6,9-11,15-17H,5,7-8,12-14H2,1-4H3. The second-order valence-electron chi connectivity index (χ2n) is 8.33. The predicted octanol–water partition coefficient (Wildman–Crippen LogP) is 4.85. The van der Waals surface area contributed by atoms with E-state index in [2.05, 4.69) is 13.8 Å². The number of ether oxygens (including phenoxy) is 2. The third-order valence-corrected chi connectivity index (χ3v) is 5.33. The summed E-state index contributed by atoms with van der Waals surface area (Å²) < 4.78 is 16.7. The summed E-state index contributed by atoms with van der Waals surface area (Å²) in [7, 11) is 1.96. The van der Waals surface area contributed by atoms with Gasteiger partial charge < -0.3 is 23.7 Å². The molecule has 0 spiro atoms. The highest BCUT2D eigenvalue weighted by Gasteiger charge is 2.24. The van der Waals surface area contributed by atoms with Crippen LogP contribution in [0, 0.1) is 11.8 Å². The quantitative estimate of drug-likeness (QED) is 0.594. The molecule has 1 aromatic carbocycles. The summed E-state index contributed by atoms with van der Waals surface area (Å²) in [6.07, 6.45) is 4.14. The van der Waals surface area contributed by atoms with Crippen molar-refractivity contribution < 1.29 is 18.7 Å². The fourth-order valence-corrected chi connectivity index (χ4v) is 3.94. The van der Waals surface area contributed by atoms with Gasteiger partial charge in [0.25, 0.3) is 0 Å². The Morgan fingerprint density at radius 2 is 1.93 bits per heavy atom. The highest BCUT2D eigenvalue weighted by atomic mass is 35.5. The van der Waals surface area contributed by atoms with Crippen molar-refractivity contribution in [2.45, 2.75) is 33.7 Å². The maximum absolute atomic E-state index is 13.3. The molecule has 7 heteroatoms. The lowest BCUT2D eigenvalue weighted by atomic mass is 10.1. The average molecular weight is 435 g/mol. The molecule has 0 bridgehead atoms. The number of amides is 1. The summed E-state index contributed by atoms with van der Waals surface area (Å²) >= 11 is 6.45.